The second kappa shape index (κ2) is 7.34. The molecule has 148 valence electrons. The maximum Gasteiger partial charge on any atom is 0.389 e. The minimum absolute atomic E-state index is 0.217. The van der Waals surface area contributed by atoms with Crippen molar-refractivity contribution in [3.63, 3.8) is 0 Å². The van der Waals surface area contributed by atoms with Gasteiger partial charge in [-0.3, -0.25) is 0 Å². The minimum atomic E-state index is -4.36. The number of fused-ring (bicyclic) bond motifs is 1. The van der Waals surface area contributed by atoms with Crippen LogP contribution in [0.4, 0.5) is 17.6 Å². The first kappa shape index (κ1) is 21.0. The monoisotopic (exact) mass is 397 g/mol. The molecule has 1 heterocycles. The molecule has 0 aromatic heterocycles. The van der Waals surface area contributed by atoms with Crippen LogP contribution in [0.15, 0.2) is 18.2 Å². The molecule has 1 unspecified atom stereocenters. The lowest BCUT2D eigenvalue weighted by atomic mass is 9.89. The molecular formula is C17H23F4NO3S. The molecule has 4 nitrogen and oxygen atoms in total. The van der Waals surface area contributed by atoms with Gasteiger partial charge in [-0.25, -0.2) is 12.8 Å². The number of rotatable bonds is 6. The van der Waals surface area contributed by atoms with Gasteiger partial charge in [-0.2, -0.15) is 17.5 Å². The molecule has 0 aliphatic carbocycles. The van der Waals surface area contributed by atoms with E-state index in [0.717, 1.165) is 4.31 Å². The van der Waals surface area contributed by atoms with E-state index in [1.807, 2.05) is 0 Å². The van der Waals surface area contributed by atoms with Crippen molar-refractivity contribution in [1.29, 1.82) is 0 Å². The third-order valence-corrected chi connectivity index (χ3v) is 6.19. The quantitative estimate of drug-likeness (QED) is 0.668. The summed E-state index contributed by atoms with van der Waals surface area (Å²) >= 11 is 0. The number of benzene rings is 1. The molecule has 0 N–H and O–H groups in total. The van der Waals surface area contributed by atoms with Crippen molar-refractivity contribution in [1.82, 2.24) is 4.31 Å². The van der Waals surface area contributed by atoms with Gasteiger partial charge in [-0.15, -0.1) is 0 Å². The van der Waals surface area contributed by atoms with Crippen LogP contribution in [0.25, 0.3) is 0 Å². The first-order chi connectivity index (χ1) is 11.8. The molecule has 1 aromatic rings. The van der Waals surface area contributed by atoms with Crippen LogP contribution in [0.1, 0.15) is 51.6 Å². The van der Waals surface area contributed by atoms with Crippen molar-refractivity contribution in [3.8, 4) is 5.75 Å². The molecule has 0 bridgehead atoms. The molecule has 1 aliphatic rings. The lowest BCUT2D eigenvalue weighted by Gasteiger charge is -2.42. The summed E-state index contributed by atoms with van der Waals surface area (Å²) in [6, 6.07) is 3.05. The summed E-state index contributed by atoms with van der Waals surface area (Å²) in [5.74, 6) is -0.456. The SMILES string of the molecule is CCS(=O)(=O)N(CCCC(F)(F)F)C1CC(C)(C)Oc2ccc(F)cc21. The Morgan fingerprint density at radius 2 is 1.96 bits per heavy atom. The molecule has 1 aromatic carbocycles. The van der Waals surface area contributed by atoms with Crippen LogP contribution in [-0.2, 0) is 10.0 Å². The molecule has 0 spiro atoms. The summed E-state index contributed by atoms with van der Waals surface area (Å²) < 4.78 is 83.3. The Morgan fingerprint density at radius 1 is 1.31 bits per heavy atom. The maximum absolute atomic E-state index is 13.7. The van der Waals surface area contributed by atoms with E-state index < -0.39 is 40.1 Å². The number of hydrogen-bond acceptors (Lipinski definition) is 3. The molecule has 2 rings (SSSR count). The van der Waals surface area contributed by atoms with E-state index in [9.17, 15) is 26.0 Å². The molecule has 26 heavy (non-hydrogen) atoms. The van der Waals surface area contributed by atoms with Gasteiger partial charge in [0, 0.05) is 24.9 Å². The molecular weight excluding hydrogens is 374 g/mol. The summed E-state index contributed by atoms with van der Waals surface area (Å²) in [4.78, 5) is 0. The normalized spacial score (nSPS) is 19.9. The van der Waals surface area contributed by atoms with Gasteiger partial charge in [0.1, 0.15) is 17.2 Å². The van der Waals surface area contributed by atoms with Crippen LogP contribution in [0.3, 0.4) is 0 Å². The third kappa shape index (κ3) is 5.09. The van der Waals surface area contributed by atoms with Crippen molar-refractivity contribution >= 4 is 10.0 Å². The Hall–Kier alpha value is -1.35. The zero-order chi connectivity index (χ0) is 19.8. The lowest BCUT2D eigenvalue weighted by molar-refractivity contribution is -0.136. The summed E-state index contributed by atoms with van der Waals surface area (Å²) in [6.07, 6.45) is -5.58. The second-order valence-corrected chi connectivity index (χ2v) is 9.20. The number of hydrogen-bond donors (Lipinski definition) is 0. The van der Waals surface area contributed by atoms with Crippen molar-refractivity contribution in [2.75, 3.05) is 12.3 Å². The molecule has 1 atom stereocenters. The molecule has 9 heteroatoms. The van der Waals surface area contributed by atoms with E-state index in [0.29, 0.717) is 11.3 Å². The summed E-state index contributed by atoms with van der Waals surface area (Å²) in [7, 11) is -3.80. The summed E-state index contributed by atoms with van der Waals surface area (Å²) in [5, 5.41) is 0. The number of ether oxygens (including phenoxy) is 1. The highest BCUT2D eigenvalue weighted by atomic mass is 32.2. The smallest absolute Gasteiger partial charge is 0.389 e. The predicted octanol–water partition coefficient (Wildman–Crippen LogP) is 4.42. The number of sulfonamides is 1. The average Bonchev–Trinajstić information content (AvgIpc) is 2.49. The fourth-order valence-electron chi connectivity index (χ4n) is 3.13. The largest absolute Gasteiger partial charge is 0.487 e. The van der Waals surface area contributed by atoms with E-state index in [4.69, 9.17) is 4.74 Å². The highest BCUT2D eigenvalue weighted by Gasteiger charge is 2.41. The van der Waals surface area contributed by atoms with Crippen LogP contribution < -0.4 is 4.74 Å². The fraction of sp³-hybridized carbons (Fsp3) is 0.647. The van der Waals surface area contributed by atoms with Crippen LogP contribution in [0, 0.1) is 5.82 Å². The van der Waals surface area contributed by atoms with Gasteiger partial charge < -0.3 is 4.74 Å². The van der Waals surface area contributed by atoms with Crippen LogP contribution in [-0.4, -0.2) is 36.8 Å². The Morgan fingerprint density at radius 3 is 2.54 bits per heavy atom. The van der Waals surface area contributed by atoms with E-state index in [1.165, 1.54) is 25.1 Å². The lowest BCUT2D eigenvalue weighted by Crippen LogP contribution is -2.44. The number of alkyl halides is 3. The van der Waals surface area contributed by atoms with Crippen LogP contribution in [0.5, 0.6) is 5.75 Å². The van der Waals surface area contributed by atoms with E-state index in [-0.39, 0.29) is 25.1 Å². The van der Waals surface area contributed by atoms with Crippen molar-refractivity contribution < 1.29 is 30.7 Å². The first-order valence-electron chi connectivity index (χ1n) is 8.39. The first-order valence-corrected chi connectivity index (χ1v) is 10.0. The summed E-state index contributed by atoms with van der Waals surface area (Å²) in [6.45, 7) is 4.67. The molecule has 0 amide bonds. The van der Waals surface area contributed by atoms with Gasteiger partial charge in [0.2, 0.25) is 10.0 Å². The zero-order valence-corrected chi connectivity index (χ0v) is 15.8. The Labute approximate surface area is 151 Å². The topological polar surface area (TPSA) is 46.6 Å². The summed E-state index contributed by atoms with van der Waals surface area (Å²) in [5.41, 5.74) is -0.394. The third-order valence-electron chi connectivity index (χ3n) is 4.31. The van der Waals surface area contributed by atoms with E-state index in [1.54, 1.807) is 13.8 Å². The van der Waals surface area contributed by atoms with Crippen LogP contribution in [0.2, 0.25) is 0 Å². The van der Waals surface area contributed by atoms with Crippen molar-refractivity contribution in [2.45, 2.75) is 57.9 Å². The van der Waals surface area contributed by atoms with Gasteiger partial charge in [0.05, 0.1) is 11.8 Å². The second-order valence-electron chi connectivity index (χ2n) is 6.99. The maximum atomic E-state index is 13.7. The zero-order valence-electron chi connectivity index (χ0n) is 14.9. The Kier molecular flexibility index (Phi) is 5.92. The molecule has 0 saturated heterocycles. The van der Waals surface area contributed by atoms with Gasteiger partial charge >= 0.3 is 6.18 Å². The number of nitrogens with zero attached hydrogens (tertiary/aromatic N) is 1. The van der Waals surface area contributed by atoms with Crippen molar-refractivity contribution in [2.24, 2.45) is 0 Å². The van der Waals surface area contributed by atoms with Gasteiger partial charge in [0.25, 0.3) is 0 Å². The highest BCUT2D eigenvalue weighted by Crippen LogP contribution is 2.44. The van der Waals surface area contributed by atoms with Gasteiger partial charge in [-0.1, -0.05) is 0 Å². The highest BCUT2D eigenvalue weighted by molar-refractivity contribution is 7.89. The standard InChI is InChI=1S/C17H23F4NO3S/c1-4-26(23,24)22(9-5-8-17(19,20)21)14-11-16(2,3)25-15-7-6-12(18)10-13(14)15/h6-7,10,14H,4-5,8-9,11H2,1-3H3. The molecule has 0 radical (unpaired) electrons. The van der Waals surface area contributed by atoms with Crippen LogP contribution >= 0.6 is 0 Å². The van der Waals surface area contributed by atoms with E-state index >= 15 is 0 Å². The minimum Gasteiger partial charge on any atom is -0.487 e. The van der Waals surface area contributed by atoms with Gasteiger partial charge in [0.15, 0.2) is 0 Å². The molecule has 0 fully saturated rings. The number of halogens is 4. The van der Waals surface area contributed by atoms with E-state index in [2.05, 4.69) is 0 Å². The average molecular weight is 397 g/mol. The van der Waals surface area contributed by atoms with Crippen molar-refractivity contribution in [3.05, 3.63) is 29.6 Å². The Bertz CT molecular complexity index is 747. The molecule has 1 aliphatic heterocycles. The van der Waals surface area contributed by atoms with Gasteiger partial charge in [-0.05, 0) is 45.4 Å². The Balaban J connectivity index is 2.42. The fourth-order valence-corrected chi connectivity index (χ4v) is 4.45. The molecule has 0 saturated carbocycles. The predicted molar refractivity (Wildman–Crippen MR) is 89.9 cm³/mol.